The molecule has 0 radical (unpaired) electrons. The summed E-state index contributed by atoms with van der Waals surface area (Å²) in [5.41, 5.74) is 1.35. The maximum Gasteiger partial charge on any atom is 0.0480 e. The molecule has 1 N–H and O–H groups in total. The second-order valence-corrected chi connectivity index (χ2v) is 6.48. The van der Waals surface area contributed by atoms with Gasteiger partial charge in [-0.1, -0.05) is 18.2 Å². The van der Waals surface area contributed by atoms with Gasteiger partial charge < -0.3 is 14.8 Å². The fourth-order valence-electron chi connectivity index (χ4n) is 3.88. The Morgan fingerprint density at radius 3 is 2.85 bits per heavy atom. The summed E-state index contributed by atoms with van der Waals surface area (Å²) >= 11 is 0. The van der Waals surface area contributed by atoms with E-state index < -0.39 is 0 Å². The Morgan fingerprint density at radius 2 is 2.00 bits per heavy atom. The molecule has 0 amide bonds. The third-order valence-corrected chi connectivity index (χ3v) is 5.19. The molecule has 106 valence electrons. The largest absolute Gasteiger partial charge is 0.346 e. The first kappa shape index (κ1) is 12.4. The molecule has 3 heteroatoms. The predicted molar refractivity (Wildman–Crippen MR) is 82.8 cm³/mol. The number of aromatic nitrogens is 1. The van der Waals surface area contributed by atoms with Gasteiger partial charge in [-0.2, -0.15) is 0 Å². The second-order valence-electron chi connectivity index (χ2n) is 6.48. The zero-order chi connectivity index (χ0) is 13.5. The van der Waals surface area contributed by atoms with Crippen molar-refractivity contribution < 1.29 is 0 Å². The zero-order valence-corrected chi connectivity index (χ0v) is 12.1. The van der Waals surface area contributed by atoms with Crippen LogP contribution < -0.4 is 5.32 Å². The number of hydrogen-bond acceptors (Lipinski definition) is 2. The number of nitrogens with zero attached hydrogens (tertiary/aromatic N) is 2. The van der Waals surface area contributed by atoms with Crippen LogP contribution in [0.25, 0.3) is 10.9 Å². The lowest BCUT2D eigenvalue weighted by molar-refractivity contribution is 0.293. The Hall–Kier alpha value is -1.32. The van der Waals surface area contributed by atoms with Gasteiger partial charge in [0.15, 0.2) is 0 Å². The first-order valence-corrected chi connectivity index (χ1v) is 7.76. The number of rotatable bonds is 5. The van der Waals surface area contributed by atoms with E-state index in [1.54, 1.807) is 0 Å². The maximum absolute atomic E-state index is 3.48. The highest BCUT2D eigenvalue weighted by Gasteiger charge is 2.52. The van der Waals surface area contributed by atoms with Gasteiger partial charge in [-0.3, -0.25) is 0 Å². The van der Waals surface area contributed by atoms with E-state index in [4.69, 9.17) is 0 Å². The second kappa shape index (κ2) is 4.90. The van der Waals surface area contributed by atoms with E-state index in [9.17, 15) is 0 Å². The van der Waals surface area contributed by atoms with Crippen LogP contribution >= 0.6 is 0 Å². The van der Waals surface area contributed by atoms with Crippen LogP contribution in [0.4, 0.5) is 0 Å². The standard InChI is InChI=1S/C17H23N3/c1-19(12-16-14-10-18-11-15(14)16)8-9-20-7-6-13-4-2-3-5-17(13)20/h2-7,14-16,18H,8-12H2,1H3/t14-,15+,16?. The number of para-hydroxylation sites is 1. The molecule has 4 rings (SSSR count). The lowest BCUT2D eigenvalue weighted by Gasteiger charge is -2.18. The average Bonchev–Trinajstić information content (AvgIpc) is 2.89. The number of piperidine rings is 1. The summed E-state index contributed by atoms with van der Waals surface area (Å²) in [6, 6.07) is 10.9. The first-order valence-electron chi connectivity index (χ1n) is 7.76. The fourth-order valence-corrected chi connectivity index (χ4v) is 3.88. The summed E-state index contributed by atoms with van der Waals surface area (Å²) < 4.78 is 2.38. The van der Waals surface area contributed by atoms with Crippen LogP contribution in [-0.2, 0) is 6.54 Å². The Labute approximate surface area is 120 Å². The number of benzene rings is 1. The van der Waals surface area contributed by atoms with Gasteiger partial charge in [-0.25, -0.2) is 0 Å². The topological polar surface area (TPSA) is 20.2 Å². The molecule has 3 atom stereocenters. The van der Waals surface area contributed by atoms with Crippen molar-refractivity contribution in [3.63, 3.8) is 0 Å². The van der Waals surface area contributed by atoms with Gasteiger partial charge in [-0.05, 0) is 55.4 Å². The number of hydrogen-bond donors (Lipinski definition) is 1. The van der Waals surface area contributed by atoms with E-state index in [0.29, 0.717) is 0 Å². The highest BCUT2D eigenvalue weighted by Crippen LogP contribution is 2.48. The Balaban J connectivity index is 1.33. The average molecular weight is 269 g/mol. The molecule has 1 aromatic heterocycles. The molecule has 2 aromatic rings. The van der Waals surface area contributed by atoms with Gasteiger partial charge in [0.2, 0.25) is 0 Å². The maximum atomic E-state index is 3.48. The molecule has 1 unspecified atom stereocenters. The molecular weight excluding hydrogens is 246 g/mol. The molecule has 1 aliphatic carbocycles. The van der Waals surface area contributed by atoms with Gasteiger partial charge in [0.25, 0.3) is 0 Å². The van der Waals surface area contributed by atoms with E-state index in [-0.39, 0.29) is 0 Å². The summed E-state index contributed by atoms with van der Waals surface area (Å²) in [5, 5.41) is 4.82. The summed E-state index contributed by atoms with van der Waals surface area (Å²) in [4.78, 5) is 2.51. The summed E-state index contributed by atoms with van der Waals surface area (Å²) in [6.07, 6.45) is 2.22. The van der Waals surface area contributed by atoms with Gasteiger partial charge >= 0.3 is 0 Å². The minimum Gasteiger partial charge on any atom is -0.346 e. The minimum absolute atomic E-state index is 0.961. The van der Waals surface area contributed by atoms with E-state index in [1.807, 2.05) is 0 Å². The molecule has 0 spiro atoms. The highest BCUT2D eigenvalue weighted by atomic mass is 15.1. The number of nitrogens with one attached hydrogen (secondary N) is 1. The van der Waals surface area contributed by atoms with Crippen LogP contribution in [0.15, 0.2) is 36.5 Å². The van der Waals surface area contributed by atoms with Crippen molar-refractivity contribution in [2.24, 2.45) is 17.8 Å². The number of likely N-dealkylation sites (N-methyl/N-ethyl adjacent to an activating group) is 1. The molecule has 2 heterocycles. The molecule has 1 aliphatic heterocycles. The smallest absolute Gasteiger partial charge is 0.0480 e. The Morgan fingerprint density at radius 1 is 1.20 bits per heavy atom. The van der Waals surface area contributed by atoms with Crippen molar-refractivity contribution in [3.05, 3.63) is 36.5 Å². The quantitative estimate of drug-likeness (QED) is 0.896. The Kier molecular flexibility index (Phi) is 3.04. The Bertz CT molecular complexity index is 593. The van der Waals surface area contributed by atoms with Crippen LogP contribution in [0.2, 0.25) is 0 Å². The van der Waals surface area contributed by atoms with Gasteiger partial charge in [0, 0.05) is 31.3 Å². The van der Waals surface area contributed by atoms with Crippen LogP contribution in [0.3, 0.4) is 0 Å². The van der Waals surface area contributed by atoms with Gasteiger partial charge in [-0.15, -0.1) is 0 Å². The fraction of sp³-hybridized carbons (Fsp3) is 0.529. The summed E-state index contributed by atoms with van der Waals surface area (Å²) in [5.74, 6) is 2.91. The molecule has 2 aliphatic rings. The van der Waals surface area contributed by atoms with Crippen molar-refractivity contribution in [2.75, 3.05) is 33.2 Å². The van der Waals surface area contributed by atoms with E-state index >= 15 is 0 Å². The molecule has 1 aromatic carbocycles. The van der Waals surface area contributed by atoms with E-state index in [0.717, 1.165) is 30.8 Å². The summed E-state index contributed by atoms with van der Waals surface area (Å²) in [7, 11) is 2.27. The molecule has 20 heavy (non-hydrogen) atoms. The molecule has 0 bridgehead atoms. The molecule has 2 fully saturated rings. The number of fused-ring (bicyclic) bond motifs is 2. The first-order chi connectivity index (χ1) is 9.83. The van der Waals surface area contributed by atoms with Crippen molar-refractivity contribution in [3.8, 4) is 0 Å². The zero-order valence-electron chi connectivity index (χ0n) is 12.1. The normalized spacial score (nSPS) is 28.2. The highest BCUT2D eigenvalue weighted by molar-refractivity contribution is 5.79. The van der Waals surface area contributed by atoms with Crippen molar-refractivity contribution in [2.45, 2.75) is 6.54 Å². The third kappa shape index (κ3) is 2.15. The SMILES string of the molecule is CN(CCn1ccc2ccccc21)CC1[C@H]2CNC[C@@H]12. The summed E-state index contributed by atoms with van der Waals surface area (Å²) in [6.45, 7) is 6.01. The van der Waals surface area contributed by atoms with Gasteiger partial charge in [0.05, 0.1) is 0 Å². The third-order valence-electron chi connectivity index (χ3n) is 5.19. The van der Waals surface area contributed by atoms with Crippen LogP contribution in [0, 0.1) is 17.8 Å². The van der Waals surface area contributed by atoms with Crippen LogP contribution in [-0.4, -0.2) is 42.7 Å². The van der Waals surface area contributed by atoms with Gasteiger partial charge in [0.1, 0.15) is 0 Å². The van der Waals surface area contributed by atoms with Crippen LogP contribution in [0.5, 0.6) is 0 Å². The van der Waals surface area contributed by atoms with E-state index in [2.05, 4.69) is 58.4 Å². The minimum atomic E-state index is 0.961. The monoisotopic (exact) mass is 269 g/mol. The molecular formula is C17H23N3. The molecule has 1 saturated heterocycles. The lowest BCUT2D eigenvalue weighted by atomic mass is 10.2. The predicted octanol–water partition coefficient (Wildman–Crippen LogP) is 2.04. The van der Waals surface area contributed by atoms with Crippen molar-refractivity contribution in [1.29, 1.82) is 0 Å². The lowest BCUT2D eigenvalue weighted by Crippen LogP contribution is -2.28. The van der Waals surface area contributed by atoms with Crippen LogP contribution in [0.1, 0.15) is 0 Å². The van der Waals surface area contributed by atoms with Crippen molar-refractivity contribution in [1.82, 2.24) is 14.8 Å². The van der Waals surface area contributed by atoms with Crippen molar-refractivity contribution >= 4 is 10.9 Å². The molecule has 1 saturated carbocycles. The molecule has 3 nitrogen and oxygen atoms in total. The van der Waals surface area contributed by atoms with E-state index in [1.165, 1.54) is 30.5 Å².